The molecule has 0 radical (unpaired) electrons. The van der Waals surface area contributed by atoms with E-state index in [1.165, 1.54) is 0 Å². The van der Waals surface area contributed by atoms with Gasteiger partial charge in [0.25, 0.3) is 0 Å². The van der Waals surface area contributed by atoms with Crippen LogP contribution in [0.25, 0.3) is 0 Å². The van der Waals surface area contributed by atoms with Crippen LogP contribution in [0.1, 0.15) is 20.3 Å². The second-order valence-electron chi connectivity index (χ2n) is 3.35. The molecule has 16 heavy (non-hydrogen) atoms. The summed E-state index contributed by atoms with van der Waals surface area (Å²) >= 11 is 0. The lowest BCUT2D eigenvalue weighted by Crippen LogP contribution is -2.21. The van der Waals surface area contributed by atoms with Crippen LogP contribution in [0.4, 0.5) is 13.2 Å². The summed E-state index contributed by atoms with van der Waals surface area (Å²) in [7, 11) is 0. The molecule has 0 aliphatic carbocycles. The van der Waals surface area contributed by atoms with E-state index in [1.54, 1.807) is 13.8 Å². The lowest BCUT2D eigenvalue weighted by Gasteiger charge is -2.08. The van der Waals surface area contributed by atoms with E-state index in [-0.39, 0.29) is 18.9 Å². The van der Waals surface area contributed by atoms with Crippen molar-refractivity contribution in [2.45, 2.75) is 26.4 Å². The first-order valence-electron chi connectivity index (χ1n) is 4.61. The van der Waals surface area contributed by atoms with Crippen LogP contribution in [0.5, 0.6) is 0 Å². The van der Waals surface area contributed by atoms with E-state index in [0.29, 0.717) is 0 Å². The van der Waals surface area contributed by atoms with Crippen molar-refractivity contribution in [3.05, 3.63) is 0 Å². The fourth-order valence-electron chi connectivity index (χ4n) is 0.636. The second-order valence-corrected chi connectivity index (χ2v) is 3.35. The molecule has 94 valence electrons. The van der Waals surface area contributed by atoms with Crippen LogP contribution in [-0.4, -0.2) is 31.3 Å². The second kappa shape index (κ2) is 6.34. The van der Waals surface area contributed by atoms with Crippen molar-refractivity contribution in [1.82, 2.24) is 0 Å². The fraction of sp³-hybridized carbons (Fsp3) is 0.778. The van der Waals surface area contributed by atoms with E-state index in [2.05, 4.69) is 9.47 Å². The predicted octanol–water partition coefficient (Wildman–Crippen LogP) is 1.68. The van der Waals surface area contributed by atoms with E-state index in [9.17, 15) is 22.8 Å². The summed E-state index contributed by atoms with van der Waals surface area (Å²) in [6.07, 6.45) is -4.92. The molecular weight excluding hydrogens is 229 g/mol. The maximum Gasteiger partial charge on any atom is 0.422 e. The fourth-order valence-corrected chi connectivity index (χ4v) is 0.636. The van der Waals surface area contributed by atoms with Gasteiger partial charge in [-0.05, 0) is 0 Å². The first-order valence-corrected chi connectivity index (χ1v) is 4.61. The van der Waals surface area contributed by atoms with Gasteiger partial charge in [-0.15, -0.1) is 0 Å². The Balaban J connectivity index is 3.63. The van der Waals surface area contributed by atoms with Crippen molar-refractivity contribution in [3.63, 3.8) is 0 Å². The molecule has 0 saturated carbocycles. The van der Waals surface area contributed by atoms with Gasteiger partial charge in [0.05, 0.1) is 12.3 Å². The molecule has 0 aromatic heterocycles. The molecule has 0 aliphatic heterocycles. The first kappa shape index (κ1) is 14.7. The van der Waals surface area contributed by atoms with Gasteiger partial charge in [-0.2, -0.15) is 13.2 Å². The SMILES string of the molecule is CC(C)C(=O)OCCC(=O)OCC(F)(F)F. The van der Waals surface area contributed by atoms with Gasteiger partial charge in [0.1, 0.15) is 6.61 Å². The Morgan fingerprint density at radius 2 is 1.75 bits per heavy atom. The Morgan fingerprint density at radius 1 is 1.19 bits per heavy atom. The van der Waals surface area contributed by atoms with Crippen LogP contribution in [0, 0.1) is 5.92 Å². The Hall–Kier alpha value is -1.27. The molecule has 0 saturated heterocycles. The number of hydrogen-bond donors (Lipinski definition) is 0. The van der Waals surface area contributed by atoms with E-state index in [4.69, 9.17) is 0 Å². The molecule has 4 nitrogen and oxygen atoms in total. The van der Waals surface area contributed by atoms with E-state index in [0.717, 1.165) is 0 Å². The summed E-state index contributed by atoms with van der Waals surface area (Å²) in [4.78, 5) is 21.6. The summed E-state index contributed by atoms with van der Waals surface area (Å²) in [5.41, 5.74) is 0. The number of alkyl halides is 3. The average Bonchev–Trinajstić information content (AvgIpc) is 2.13. The normalized spacial score (nSPS) is 11.4. The molecule has 7 heteroatoms. The van der Waals surface area contributed by atoms with Gasteiger partial charge in [-0.25, -0.2) is 0 Å². The van der Waals surface area contributed by atoms with Gasteiger partial charge in [-0.3, -0.25) is 9.59 Å². The molecule has 0 heterocycles. The van der Waals surface area contributed by atoms with Crippen molar-refractivity contribution < 1.29 is 32.2 Å². The number of carbonyl (C=O) groups is 2. The number of rotatable bonds is 5. The Kier molecular flexibility index (Phi) is 5.84. The van der Waals surface area contributed by atoms with E-state index >= 15 is 0 Å². The summed E-state index contributed by atoms with van der Waals surface area (Å²) in [6.45, 7) is 1.31. The summed E-state index contributed by atoms with van der Waals surface area (Å²) in [5.74, 6) is -1.90. The summed E-state index contributed by atoms with van der Waals surface area (Å²) < 4.78 is 43.3. The predicted molar refractivity (Wildman–Crippen MR) is 47.4 cm³/mol. The monoisotopic (exact) mass is 242 g/mol. The van der Waals surface area contributed by atoms with Crippen molar-refractivity contribution in [3.8, 4) is 0 Å². The van der Waals surface area contributed by atoms with Crippen LogP contribution < -0.4 is 0 Å². The third-order valence-corrected chi connectivity index (χ3v) is 1.42. The number of halogens is 3. The molecule has 0 aromatic rings. The van der Waals surface area contributed by atoms with Crippen LogP contribution in [-0.2, 0) is 19.1 Å². The molecular formula is C9H13F3O4. The van der Waals surface area contributed by atoms with E-state index < -0.39 is 24.7 Å². The smallest absolute Gasteiger partial charge is 0.422 e. The van der Waals surface area contributed by atoms with Gasteiger partial charge in [0.15, 0.2) is 6.61 Å². The molecule has 0 unspecified atom stereocenters. The largest absolute Gasteiger partial charge is 0.465 e. The molecule has 0 bridgehead atoms. The van der Waals surface area contributed by atoms with E-state index in [1.807, 2.05) is 0 Å². The average molecular weight is 242 g/mol. The minimum absolute atomic E-state index is 0.270. The molecule has 0 atom stereocenters. The molecule has 0 N–H and O–H groups in total. The highest BCUT2D eigenvalue weighted by atomic mass is 19.4. The Bertz CT molecular complexity index is 248. The summed E-state index contributed by atoms with van der Waals surface area (Å²) in [6, 6.07) is 0. The highest BCUT2D eigenvalue weighted by Gasteiger charge is 2.29. The molecule has 0 amide bonds. The summed E-state index contributed by atoms with van der Waals surface area (Å²) in [5, 5.41) is 0. The van der Waals surface area contributed by atoms with Crippen molar-refractivity contribution in [1.29, 1.82) is 0 Å². The topological polar surface area (TPSA) is 52.6 Å². The highest BCUT2D eigenvalue weighted by molar-refractivity contribution is 5.73. The van der Waals surface area contributed by atoms with Gasteiger partial charge in [0.2, 0.25) is 0 Å². The maximum absolute atomic E-state index is 11.6. The molecule has 0 aromatic carbocycles. The molecule has 0 rings (SSSR count). The lowest BCUT2D eigenvalue weighted by atomic mass is 10.2. The Morgan fingerprint density at radius 3 is 2.19 bits per heavy atom. The van der Waals surface area contributed by atoms with Gasteiger partial charge >= 0.3 is 18.1 Å². The standard InChI is InChI=1S/C9H13F3O4/c1-6(2)8(14)15-4-3-7(13)16-5-9(10,11)12/h6H,3-5H2,1-2H3. The van der Waals surface area contributed by atoms with Crippen molar-refractivity contribution in [2.75, 3.05) is 13.2 Å². The molecule has 0 fully saturated rings. The zero-order valence-electron chi connectivity index (χ0n) is 8.97. The van der Waals surface area contributed by atoms with Crippen LogP contribution >= 0.6 is 0 Å². The van der Waals surface area contributed by atoms with Gasteiger partial charge in [0, 0.05) is 0 Å². The minimum atomic E-state index is -4.54. The van der Waals surface area contributed by atoms with Gasteiger partial charge in [-0.1, -0.05) is 13.8 Å². The quantitative estimate of drug-likeness (QED) is 0.688. The third kappa shape index (κ3) is 8.07. The number of carbonyl (C=O) groups excluding carboxylic acids is 2. The Labute approximate surface area is 90.7 Å². The minimum Gasteiger partial charge on any atom is -0.465 e. The maximum atomic E-state index is 11.6. The number of hydrogen-bond acceptors (Lipinski definition) is 4. The van der Waals surface area contributed by atoms with Crippen LogP contribution in [0.15, 0.2) is 0 Å². The number of esters is 2. The zero-order valence-corrected chi connectivity index (χ0v) is 8.97. The molecule has 0 spiro atoms. The third-order valence-electron chi connectivity index (χ3n) is 1.42. The highest BCUT2D eigenvalue weighted by Crippen LogP contribution is 2.14. The van der Waals surface area contributed by atoms with Gasteiger partial charge < -0.3 is 9.47 Å². The van der Waals surface area contributed by atoms with Crippen molar-refractivity contribution >= 4 is 11.9 Å². The van der Waals surface area contributed by atoms with Crippen molar-refractivity contribution in [2.24, 2.45) is 5.92 Å². The van der Waals surface area contributed by atoms with Crippen LogP contribution in [0.2, 0.25) is 0 Å². The first-order chi connectivity index (χ1) is 7.22. The van der Waals surface area contributed by atoms with Crippen LogP contribution in [0.3, 0.4) is 0 Å². The lowest BCUT2D eigenvalue weighted by molar-refractivity contribution is -0.187. The molecule has 0 aliphatic rings. The zero-order chi connectivity index (χ0) is 12.8. The number of ether oxygens (including phenoxy) is 2.